The number of H-pyrrole nitrogens is 1. The third-order valence-electron chi connectivity index (χ3n) is 4.56. The minimum atomic E-state index is 0.262. The lowest BCUT2D eigenvalue weighted by molar-refractivity contribution is 0.0467. The van der Waals surface area contributed by atoms with E-state index in [1.807, 2.05) is 18.2 Å². The van der Waals surface area contributed by atoms with Crippen LogP contribution in [0.3, 0.4) is 0 Å². The molecule has 1 aromatic heterocycles. The molecule has 0 spiro atoms. The maximum atomic E-state index is 9.38. The van der Waals surface area contributed by atoms with Gasteiger partial charge in [0.25, 0.3) is 0 Å². The Balaban J connectivity index is 1.64. The van der Waals surface area contributed by atoms with Crippen LogP contribution in [0.15, 0.2) is 24.3 Å². The summed E-state index contributed by atoms with van der Waals surface area (Å²) in [6.45, 7) is 9.89. The predicted molar refractivity (Wildman–Crippen MR) is 93.3 cm³/mol. The molecule has 0 saturated carbocycles. The maximum Gasteiger partial charge on any atom is 0.121 e. The number of aliphatic hydroxyl groups is 1. The van der Waals surface area contributed by atoms with Gasteiger partial charge in [0.15, 0.2) is 0 Å². The van der Waals surface area contributed by atoms with Crippen LogP contribution in [0.4, 0.5) is 0 Å². The van der Waals surface area contributed by atoms with Gasteiger partial charge in [0.1, 0.15) is 5.82 Å². The number of piperazine rings is 1. The number of para-hydroxylation sites is 2. The smallest absolute Gasteiger partial charge is 0.121 e. The van der Waals surface area contributed by atoms with E-state index in [-0.39, 0.29) is 6.61 Å². The molecule has 0 bridgehead atoms. The number of hydrogen-bond acceptors (Lipinski definition) is 4. The van der Waals surface area contributed by atoms with E-state index in [1.165, 1.54) is 0 Å². The summed E-state index contributed by atoms with van der Waals surface area (Å²) in [5, 5.41) is 9.38. The third kappa shape index (κ3) is 4.10. The zero-order chi connectivity index (χ0) is 16.2. The average molecular weight is 316 g/mol. The quantitative estimate of drug-likeness (QED) is 0.857. The molecule has 1 saturated heterocycles. The SMILES string of the molecule is CC(C)CN1CCN(Cc2nc3ccccc3[nH]2)CC1CCO. The molecule has 2 heterocycles. The molecule has 2 N–H and O–H groups in total. The number of aromatic amines is 1. The number of rotatable bonds is 6. The Kier molecular flexibility index (Phi) is 5.30. The zero-order valence-corrected chi connectivity index (χ0v) is 14.2. The van der Waals surface area contributed by atoms with Gasteiger partial charge in [-0.25, -0.2) is 4.98 Å². The highest BCUT2D eigenvalue weighted by atomic mass is 16.3. The van der Waals surface area contributed by atoms with Crippen molar-refractivity contribution < 1.29 is 5.11 Å². The highest BCUT2D eigenvalue weighted by Gasteiger charge is 2.27. The van der Waals surface area contributed by atoms with Gasteiger partial charge in [-0.15, -0.1) is 0 Å². The van der Waals surface area contributed by atoms with Crippen molar-refractivity contribution in [3.8, 4) is 0 Å². The summed E-state index contributed by atoms with van der Waals surface area (Å²) >= 11 is 0. The number of nitrogens with zero attached hydrogens (tertiary/aromatic N) is 3. The molecule has 1 aromatic carbocycles. The zero-order valence-electron chi connectivity index (χ0n) is 14.2. The first-order valence-electron chi connectivity index (χ1n) is 8.66. The Hall–Kier alpha value is -1.43. The summed E-state index contributed by atoms with van der Waals surface area (Å²) < 4.78 is 0. The first kappa shape index (κ1) is 16.4. The molecule has 126 valence electrons. The lowest BCUT2D eigenvalue weighted by Crippen LogP contribution is -2.53. The number of imidazole rings is 1. The number of aliphatic hydroxyl groups excluding tert-OH is 1. The fraction of sp³-hybridized carbons (Fsp3) is 0.611. The second-order valence-electron chi connectivity index (χ2n) is 6.99. The molecule has 1 aliphatic heterocycles. The molecule has 0 radical (unpaired) electrons. The first-order valence-corrected chi connectivity index (χ1v) is 8.66. The third-order valence-corrected chi connectivity index (χ3v) is 4.56. The summed E-state index contributed by atoms with van der Waals surface area (Å²) in [5.41, 5.74) is 2.14. The Morgan fingerprint density at radius 3 is 2.87 bits per heavy atom. The summed E-state index contributed by atoms with van der Waals surface area (Å²) in [6.07, 6.45) is 0.851. The van der Waals surface area contributed by atoms with Crippen molar-refractivity contribution >= 4 is 11.0 Å². The summed E-state index contributed by atoms with van der Waals surface area (Å²) in [4.78, 5) is 13.1. The number of nitrogens with one attached hydrogen (secondary N) is 1. The van der Waals surface area contributed by atoms with Gasteiger partial charge >= 0.3 is 0 Å². The Morgan fingerprint density at radius 2 is 2.13 bits per heavy atom. The number of fused-ring (bicyclic) bond motifs is 1. The van der Waals surface area contributed by atoms with Crippen molar-refractivity contribution in [2.45, 2.75) is 32.9 Å². The highest BCUT2D eigenvalue weighted by Crippen LogP contribution is 2.17. The van der Waals surface area contributed by atoms with E-state index in [0.29, 0.717) is 12.0 Å². The molecule has 5 heteroatoms. The maximum absolute atomic E-state index is 9.38. The highest BCUT2D eigenvalue weighted by molar-refractivity contribution is 5.74. The second kappa shape index (κ2) is 7.43. The molecule has 1 unspecified atom stereocenters. The van der Waals surface area contributed by atoms with Crippen LogP contribution < -0.4 is 0 Å². The second-order valence-corrected chi connectivity index (χ2v) is 6.99. The Bertz CT molecular complexity index is 591. The van der Waals surface area contributed by atoms with Crippen LogP contribution in [0.1, 0.15) is 26.1 Å². The lowest BCUT2D eigenvalue weighted by Gasteiger charge is -2.42. The van der Waals surface area contributed by atoms with E-state index in [0.717, 1.165) is 56.0 Å². The van der Waals surface area contributed by atoms with Crippen LogP contribution >= 0.6 is 0 Å². The lowest BCUT2D eigenvalue weighted by atomic mass is 10.1. The van der Waals surface area contributed by atoms with Crippen molar-refractivity contribution in [3.05, 3.63) is 30.1 Å². The molecule has 3 rings (SSSR count). The van der Waals surface area contributed by atoms with Gasteiger partial charge in [-0.05, 0) is 24.5 Å². The fourth-order valence-corrected chi connectivity index (χ4v) is 3.53. The van der Waals surface area contributed by atoms with E-state index in [4.69, 9.17) is 0 Å². The predicted octanol–water partition coefficient (Wildman–Crippen LogP) is 2.09. The minimum absolute atomic E-state index is 0.262. The standard InChI is InChI=1S/C18H28N4O/c1-14(2)11-22-9-8-21(12-15(22)7-10-23)13-18-19-16-5-3-4-6-17(16)20-18/h3-6,14-15,23H,7-13H2,1-2H3,(H,19,20). The van der Waals surface area contributed by atoms with E-state index in [1.54, 1.807) is 0 Å². The molecular formula is C18H28N4O. The normalized spacial score (nSPS) is 20.6. The van der Waals surface area contributed by atoms with Gasteiger partial charge in [-0.3, -0.25) is 9.80 Å². The van der Waals surface area contributed by atoms with E-state index < -0.39 is 0 Å². The molecule has 0 amide bonds. The molecule has 2 aromatic rings. The number of aromatic nitrogens is 2. The van der Waals surface area contributed by atoms with Gasteiger partial charge in [0.05, 0.1) is 17.6 Å². The summed E-state index contributed by atoms with van der Waals surface area (Å²) in [6, 6.07) is 8.62. The Morgan fingerprint density at radius 1 is 1.30 bits per heavy atom. The van der Waals surface area contributed by atoms with Gasteiger partial charge in [0.2, 0.25) is 0 Å². The molecule has 1 aliphatic rings. The molecule has 23 heavy (non-hydrogen) atoms. The van der Waals surface area contributed by atoms with Crippen molar-refractivity contribution in [2.75, 3.05) is 32.8 Å². The van der Waals surface area contributed by atoms with Crippen LogP contribution in [0, 0.1) is 5.92 Å². The van der Waals surface area contributed by atoms with E-state index in [2.05, 4.69) is 39.7 Å². The van der Waals surface area contributed by atoms with Crippen molar-refractivity contribution in [2.24, 2.45) is 5.92 Å². The minimum Gasteiger partial charge on any atom is -0.396 e. The van der Waals surface area contributed by atoms with Crippen LogP contribution in [0.25, 0.3) is 11.0 Å². The number of benzene rings is 1. The molecule has 0 aliphatic carbocycles. The molecule has 1 fully saturated rings. The van der Waals surface area contributed by atoms with Crippen LogP contribution in [0.5, 0.6) is 0 Å². The number of hydrogen-bond donors (Lipinski definition) is 2. The first-order chi connectivity index (χ1) is 11.2. The molecule has 1 atom stereocenters. The fourth-order valence-electron chi connectivity index (χ4n) is 3.53. The summed E-state index contributed by atoms with van der Waals surface area (Å²) in [7, 11) is 0. The van der Waals surface area contributed by atoms with Crippen molar-refractivity contribution in [3.63, 3.8) is 0 Å². The van der Waals surface area contributed by atoms with Gasteiger partial charge < -0.3 is 10.1 Å². The average Bonchev–Trinajstić information content (AvgIpc) is 2.92. The molecule has 5 nitrogen and oxygen atoms in total. The van der Waals surface area contributed by atoms with Crippen LogP contribution in [-0.4, -0.2) is 63.7 Å². The monoisotopic (exact) mass is 316 g/mol. The topological polar surface area (TPSA) is 55.4 Å². The van der Waals surface area contributed by atoms with E-state index in [9.17, 15) is 5.11 Å². The van der Waals surface area contributed by atoms with Gasteiger partial charge in [-0.2, -0.15) is 0 Å². The van der Waals surface area contributed by atoms with E-state index >= 15 is 0 Å². The summed E-state index contributed by atoms with van der Waals surface area (Å²) in [5.74, 6) is 1.70. The van der Waals surface area contributed by atoms with Gasteiger partial charge in [0, 0.05) is 38.8 Å². The Labute approximate surface area is 138 Å². The van der Waals surface area contributed by atoms with Crippen molar-refractivity contribution in [1.82, 2.24) is 19.8 Å². The van der Waals surface area contributed by atoms with Crippen LogP contribution in [0.2, 0.25) is 0 Å². The largest absolute Gasteiger partial charge is 0.396 e. The van der Waals surface area contributed by atoms with Gasteiger partial charge in [-0.1, -0.05) is 26.0 Å². The molecular weight excluding hydrogens is 288 g/mol. The van der Waals surface area contributed by atoms with Crippen molar-refractivity contribution in [1.29, 1.82) is 0 Å². The van der Waals surface area contributed by atoms with Crippen LogP contribution in [-0.2, 0) is 6.54 Å².